The van der Waals surface area contributed by atoms with Gasteiger partial charge in [0.1, 0.15) is 0 Å². The van der Waals surface area contributed by atoms with Crippen LogP contribution >= 0.6 is 0 Å². The van der Waals surface area contributed by atoms with E-state index in [1.54, 1.807) is 6.08 Å². The minimum absolute atomic E-state index is 0.0148. The lowest BCUT2D eigenvalue weighted by molar-refractivity contribution is -0.143. The fourth-order valence-electron chi connectivity index (χ4n) is 4.34. The normalized spacial score (nSPS) is 34.8. The van der Waals surface area contributed by atoms with Crippen LogP contribution in [0.25, 0.3) is 0 Å². The van der Waals surface area contributed by atoms with Gasteiger partial charge in [-0.3, -0.25) is 9.59 Å². The third-order valence-electron chi connectivity index (χ3n) is 5.11. The molecule has 0 spiro atoms. The summed E-state index contributed by atoms with van der Waals surface area (Å²) in [6.45, 7) is 12.5. The Morgan fingerprint density at radius 1 is 1.50 bits per heavy atom. The van der Waals surface area contributed by atoms with Crippen LogP contribution in [-0.4, -0.2) is 26.4 Å². The van der Waals surface area contributed by atoms with Crippen molar-refractivity contribution in [3.63, 3.8) is 0 Å². The second kappa shape index (κ2) is 4.69. The molecule has 1 fully saturated rings. The van der Waals surface area contributed by atoms with Crippen LogP contribution in [0.4, 0.5) is 0 Å². The Balaban J connectivity index is 2.37. The molecule has 2 unspecified atom stereocenters. The third kappa shape index (κ3) is 1.85. The molecule has 3 nitrogen and oxygen atoms in total. The summed E-state index contributed by atoms with van der Waals surface area (Å²) < 4.78 is 5.33. The molecule has 1 saturated carbocycles. The number of hydrogen-bond donors (Lipinski definition) is 0. The number of esters is 1. The SMILES string of the molecule is C=CCCC1(COC(C)=O)C2C(=O)C=C[C@]21[Si](C)(C)C. The van der Waals surface area contributed by atoms with E-state index in [2.05, 4.69) is 32.3 Å². The van der Waals surface area contributed by atoms with Gasteiger partial charge in [-0.1, -0.05) is 31.8 Å². The van der Waals surface area contributed by atoms with Gasteiger partial charge >= 0.3 is 5.97 Å². The zero-order valence-electron chi connectivity index (χ0n) is 12.9. The van der Waals surface area contributed by atoms with Crippen LogP contribution in [0.5, 0.6) is 0 Å². The summed E-state index contributed by atoms with van der Waals surface area (Å²) in [5, 5.41) is -0.0461. The zero-order chi connectivity index (χ0) is 15.2. The molecule has 0 amide bonds. The van der Waals surface area contributed by atoms with Crippen molar-refractivity contribution in [1.82, 2.24) is 0 Å². The van der Waals surface area contributed by atoms with Crippen LogP contribution in [0, 0.1) is 11.3 Å². The smallest absolute Gasteiger partial charge is 0.302 e. The molecule has 0 aliphatic heterocycles. The number of fused-ring (bicyclic) bond motifs is 1. The summed E-state index contributed by atoms with van der Waals surface area (Å²) in [6.07, 6.45) is 7.47. The highest BCUT2D eigenvalue weighted by Gasteiger charge is 2.82. The van der Waals surface area contributed by atoms with E-state index in [1.165, 1.54) is 6.92 Å². The molecule has 3 atom stereocenters. The minimum Gasteiger partial charge on any atom is -0.465 e. The molecule has 0 N–H and O–H groups in total. The maximum absolute atomic E-state index is 12.3. The molecular formula is C16H24O3Si. The Kier molecular flexibility index (Phi) is 3.57. The van der Waals surface area contributed by atoms with Crippen molar-refractivity contribution in [3.05, 3.63) is 24.8 Å². The van der Waals surface area contributed by atoms with Crippen LogP contribution in [0.15, 0.2) is 24.8 Å². The molecule has 0 saturated heterocycles. The predicted molar refractivity (Wildman–Crippen MR) is 82.2 cm³/mol. The molecule has 4 heteroatoms. The van der Waals surface area contributed by atoms with E-state index >= 15 is 0 Å². The van der Waals surface area contributed by atoms with Gasteiger partial charge in [0, 0.05) is 23.3 Å². The molecule has 2 aliphatic rings. The van der Waals surface area contributed by atoms with Gasteiger partial charge in [-0.2, -0.15) is 0 Å². The second-order valence-corrected chi connectivity index (χ2v) is 12.4. The Bertz CT molecular complexity index is 488. The maximum Gasteiger partial charge on any atom is 0.302 e. The van der Waals surface area contributed by atoms with E-state index in [1.807, 2.05) is 6.08 Å². The summed E-state index contributed by atoms with van der Waals surface area (Å²) in [4.78, 5) is 23.5. The fourth-order valence-corrected chi connectivity index (χ4v) is 7.97. The lowest BCUT2D eigenvalue weighted by atomic mass is 9.93. The number of hydrogen-bond acceptors (Lipinski definition) is 3. The Morgan fingerprint density at radius 2 is 2.15 bits per heavy atom. The summed E-state index contributed by atoms with van der Waals surface area (Å²) in [5.41, 5.74) is -0.191. The van der Waals surface area contributed by atoms with E-state index in [9.17, 15) is 9.59 Å². The van der Waals surface area contributed by atoms with Crippen molar-refractivity contribution in [2.24, 2.45) is 11.3 Å². The van der Waals surface area contributed by atoms with Crippen LogP contribution in [-0.2, 0) is 14.3 Å². The molecule has 110 valence electrons. The number of rotatable bonds is 6. The fraction of sp³-hybridized carbons (Fsp3) is 0.625. The molecule has 0 aromatic carbocycles. The number of allylic oxidation sites excluding steroid dienone is 3. The molecule has 2 rings (SSSR count). The van der Waals surface area contributed by atoms with Crippen LogP contribution < -0.4 is 0 Å². The van der Waals surface area contributed by atoms with Crippen molar-refractivity contribution in [3.8, 4) is 0 Å². The Labute approximate surface area is 122 Å². The highest BCUT2D eigenvalue weighted by atomic mass is 28.3. The summed E-state index contributed by atoms with van der Waals surface area (Å²) in [5.74, 6) is -0.0419. The average Bonchev–Trinajstić information content (AvgIpc) is 2.77. The highest BCUT2D eigenvalue weighted by molar-refractivity contribution is 6.81. The van der Waals surface area contributed by atoms with E-state index in [4.69, 9.17) is 4.74 Å². The van der Waals surface area contributed by atoms with Gasteiger partial charge in [-0.05, 0) is 18.9 Å². The Hall–Kier alpha value is -1.16. The largest absolute Gasteiger partial charge is 0.465 e. The van der Waals surface area contributed by atoms with Crippen molar-refractivity contribution < 1.29 is 14.3 Å². The van der Waals surface area contributed by atoms with Gasteiger partial charge in [0.25, 0.3) is 0 Å². The maximum atomic E-state index is 12.3. The van der Waals surface area contributed by atoms with Gasteiger partial charge in [0.2, 0.25) is 0 Å². The topological polar surface area (TPSA) is 43.4 Å². The number of ketones is 1. The minimum atomic E-state index is -1.61. The molecule has 0 radical (unpaired) electrons. The van der Waals surface area contributed by atoms with Gasteiger partial charge in [0.05, 0.1) is 14.7 Å². The number of ether oxygens (including phenoxy) is 1. The zero-order valence-corrected chi connectivity index (χ0v) is 13.9. The molecule has 0 aromatic heterocycles. The van der Waals surface area contributed by atoms with Gasteiger partial charge in [0.15, 0.2) is 5.78 Å². The van der Waals surface area contributed by atoms with Crippen LogP contribution in [0.2, 0.25) is 24.7 Å². The van der Waals surface area contributed by atoms with Crippen LogP contribution in [0.1, 0.15) is 19.8 Å². The first-order valence-corrected chi connectivity index (χ1v) is 10.7. The predicted octanol–water partition coefficient (Wildman–Crippen LogP) is 3.35. The monoisotopic (exact) mass is 292 g/mol. The van der Waals surface area contributed by atoms with Crippen molar-refractivity contribution >= 4 is 19.8 Å². The molecule has 2 aliphatic carbocycles. The van der Waals surface area contributed by atoms with Gasteiger partial charge in [-0.15, -0.1) is 6.58 Å². The Morgan fingerprint density at radius 3 is 2.60 bits per heavy atom. The highest BCUT2D eigenvalue weighted by Crippen LogP contribution is 2.84. The first-order chi connectivity index (χ1) is 9.23. The van der Waals surface area contributed by atoms with Crippen molar-refractivity contribution in [1.29, 1.82) is 0 Å². The van der Waals surface area contributed by atoms with Gasteiger partial charge < -0.3 is 4.74 Å². The van der Waals surface area contributed by atoms with Crippen molar-refractivity contribution in [2.75, 3.05) is 6.61 Å². The van der Waals surface area contributed by atoms with Gasteiger partial charge in [-0.25, -0.2) is 0 Å². The first kappa shape index (κ1) is 15.2. The second-order valence-electron chi connectivity index (χ2n) is 7.05. The average molecular weight is 292 g/mol. The van der Waals surface area contributed by atoms with E-state index < -0.39 is 8.07 Å². The standard InChI is InChI=1S/C16H24O3Si/c1-6-7-9-15(11-19-12(2)17)14-13(18)8-10-16(14,15)20(3,4)5/h6,8,10,14H,1,7,9,11H2,2-5H3/t14?,15?,16-/m0/s1. The number of carbonyl (C=O) groups excluding carboxylic acids is 2. The quantitative estimate of drug-likeness (QED) is 0.428. The summed E-state index contributed by atoms with van der Waals surface area (Å²) >= 11 is 0. The molecule has 0 aromatic rings. The van der Waals surface area contributed by atoms with E-state index in [0.29, 0.717) is 6.61 Å². The van der Waals surface area contributed by atoms with Crippen molar-refractivity contribution in [2.45, 2.75) is 44.4 Å². The lowest BCUT2D eigenvalue weighted by Gasteiger charge is -2.32. The summed E-state index contributed by atoms with van der Waals surface area (Å²) in [6, 6.07) is 0. The van der Waals surface area contributed by atoms with Crippen LogP contribution in [0.3, 0.4) is 0 Å². The molecule has 0 bridgehead atoms. The number of carbonyl (C=O) groups is 2. The first-order valence-electron chi connectivity index (χ1n) is 7.20. The molecule has 0 heterocycles. The molecular weight excluding hydrogens is 268 g/mol. The summed E-state index contributed by atoms with van der Waals surface area (Å²) in [7, 11) is -1.61. The molecule has 20 heavy (non-hydrogen) atoms. The third-order valence-corrected chi connectivity index (χ3v) is 8.55. The van der Waals surface area contributed by atoms with E-state index in [0.717, 1.165) is 12.8 Å². The van der Waals surface area contributed by atoms with E-state index in [-0.39, 0.29) is 28.1 Å². The lowest BCUT2D eigenvalue weighted by Crippen LogP contribution is -2.34.